The van der Waals surface area contributed by atoms with Crippen LogP contribution in [0.25, 0.3) is 0 Å². The monoisotopic (exact) mass is 174 g/mol. The molecule has 0 aliphatic heterocycles. The van der Waals surface area contributed by atoms with E-state index in [1.807, 2.05) is 6.92 Å². The number of hydrogen-bond acceptors (Lipinski definition) is 4. The second-order valence-corrected chi connectivity index (χ2v) is 2.38. The molecule has 0 aliphatic carbocycles. The maximum absolute atomic E-state index is 11.0. The van der Waals surface area contributed by atoms with Gasteiger partial charge in [-0.15, -0.1) is 4.91 Å². The first-order chi connectivity index (χ1) is 5.67. The summed E-state index contributed by atoms with van der Waals surface area (Å²) in [5, 5.41) is 3.40. The lowest BCUT2D eigenvalue weighted by Crippen LogP contribution is -2.33. The fraction of sp³-hybridized carbons (Fsp3) is 0.857. The molecule has 0 rings (SSSR count). The van der Waals surface area contributed by atoms with Crippen LogP contribution in [0.4, 0.5) is 4.79 Å². The van der Waals surface area contributed by atoms with Crippen molar-refractivity contribution in [3.63, 3.8) is 0 Å². The molecule has 0 N–H and O–H groups in total. The van der Waals surface area contributed by atoms with E-state index in [0.717, 1.165) is 5.01 Å². The molecule has 0 saturated heterocycles. The predicted molar refractivity (Wildman–Crippen MR) is 44.4 cm³/mol. The molecule has 70 valence electrons. The van der Waals surface area contributed by atoms with Gasteiger partial charge in [-0.1, -0.05) is 6.92 Å². The van der Waals surface area contributed by atoms with E-state index >= 15 is 0 Å². The summed E-state index contributed by atoms with van der Waals surface area (Å²) < 4.78 is 4.61. The molecule has 12 heavy (non-hydrogen) atoms. The van der Waals surface area contributed by atoms with Crippen LogP contribution >= 0.6 is 0 Å². The maximum atomic E-state index is 11.0. The fourth-order valence-corrected chi connectivity index (χ4v) is 0.656. The Morgan fingerprint density at radius 2 is 2.17 bits per heavy atom. The van der Waals surface area contributed by atoms with Crippen molar-refractivity contribution in [1.29, 1.82) is 0 Å². The molecular weight excluding hydrogens is 160 g/mol. The summed E-state index contributed by atoms with van der Waals surface area (Å²) in [5.41, 5.74) is 0. The van der Waals surface area contributed by atoms with Gasteiger partial charge in [-0.25, -0.2) is 4.79 Å². The van der Waals surface area contributed by atoms with E-state index in [-0.39, 0.29) is 12.6 Å². The summed E-state index contributed by atoms with van der Waals surface area (Å²) >= 11 is 0. The van der Waals surface area contributed by atoms with Crippen LogP contribution in [0, 0.1) is 4.91 Å². The quantitative estimate of drug-likeness (QED) is 0.483. The first-order valence-electron chi connectivity index (χ1n) is 3.96. The minimum atomic E-state index is -0.679. The Labute approximate surface area is 71.6 Å². The van der Waals surface area contributed by atoms with Gasteiger partial charge in [0.2, 0.25) is 0 Å². The van der Waals surface area contributed by atoms with E-state index < -0.39 is 6.09 Å². The molecule has 0 bridgehead atoms. The number of nitrogens with zero attached hydrogens (tertiary/aromatic N) is 2. The van der Waals surface area contributed by atoms with Gasteiger partial charge in [-0.2, -0.15) is 5.01 Å². The zero-order chi connectivity index (χ0) is 9.56. The van der Waals surface area contributed by atoms with Crippen LogP contribution in [0.15, 0.2) is 5.29 Å². The molecule has 5 heteroatoms. The Hall–Kier alpha value is -1.13. The Kier molecular flexibility index (Phi) is 4.99. The highest BCUT2D eigenvalue weighted by molar-refractivity contribution is 5.67. The fourth-order valence-electron chi connectivity index (χ4n) is 0.656. The van der Waals surface area contributed by atoms with Crippen molar-refractivity contribution in [2.24, 2.45) is 5.29 Å². The third-order valence-corrected chi connectivity index (χ3v) is 1.55. The Morgan fingerprint density at radius 1 is 1.58 bits per heavy atom. The number of nitroso groups, excluding NO2 is 1. The van der Waals surface area contributed by atoms with Crippen LogP contribution in [-0.4, -0.2) is 23.8 Å². The molecule has 0 fully saturated rings. The summed E-state index contributed by atoms with van der Waals surface area (Å²) in [7, 11) is 0. The average molecular weight is 174 g/mol. The van der Waals surface area contributed by atoms with Crippen LogP contribution in [0.1, 0.15) is 27.2 Å². The molecule has 1 atom stereocenters. The predicted octanol–water partition coefficient (Wildman–Crippen LogP) is 1.92. The van der Waals surface area contributed by atoms with Crippen LogP contribution in [-0.2, 0) is 4.74 Å². The number of amides is 1. The standard InChI is InChI=1S/C7H14N2O3/c1-4-6(3)9(8-11)7(10)12-5-2/h6H,4-5H2,1-3H3/t6-/m1/s1. The number of hydrogen-bond donors (Lipinski definition) is 0. The number of ether oxygens (including phenoxy) is 1. The Morgan fingerprint density at radius 3 is 2.50 bits per heavy atom. The summed E-state index contributed by atoms with van der Waals surface area (Å²) in [6.07, 6.45) is -0.00766. The third-order valence-electron chi connectivity index (χ3n) is 1.55. The smallest absolute Gasteiger partial charge is 0.433 e. The van der Waals surface area contributed by atoms with Crippen molar-refractivity contribution in [2.75, 3.05) is 6.61 Å². The van der Waals surface area contributed by atoms with Crippen LogP contribution in [0.3, 0.4) is 0 Å². The molecule has 0 aromatic rings. The van der Waals surface area contributed by atoms with E-state index in [1.54, 1.807) is 13.8 Å². The van der Waals surface area contributed by atoms with Gasteiger partial charge in [-0.3, -0.25) is 0 Å². The normalized spacial score (nSPS) is 11.9. The summed E-state index contributed by atoms with van der Waals surface area (Å²) in [5.74, 6) is 0. The number of carbonyl (C=O) groups is 1. The maximum Gasteiger partial charge on any atom is 0.433 e. The van der Waals surface area contributed by atoms with E-state index in [0.29, 0.717) is 6.42 Å². The molecule has 0 unspecified atom stereocenters. The minimum Gasteiger partial charge on any atom is -0.448 e. The first kappa shape index (κ1) is 10.9. The number of carbonyl (C=O) groups excluding carboxylic acids is 1. The zero-order valence-corrected chi connectivity index (χ0v) is 7.61. The SMILES string of the molecule is CCOC(=O)N(N=O)[C@H](C)CC. The second-order valence-electron chi connectivity index (χ2n) is 2.38. The lowest BCUT2D eigenvalue weighted by molar-refractivity contribution is 0.0929. The van der Waals surface area contributed by atoms with Crippen LogP contribution < -0.4 is 0 Å². The topological polar surface area (TPSA) is 59.0 Å². The molecule has 5 nitrogen and oxygen atoms in total. The third kappa shape index (κ3) is 2.86. The van der Waals surface area contributed by atoms with Crippen molar-refractivity contribution in [2.45, 2.75) is 33.2 Å². The van der Waals surface area contributed by atoms with Crippen LogP contribution in [0.2, 0.25) is 0 Å². The van der Waals surface area contributed by atoms with Crippen molar-refractivity contribution in [3.8, 4) is 0 Å². The van der Waals surface area contributed by atoms with Gasteiger partial charge >= 0.3 is 6.09 Å². The number of rotatable bonds is 4. The van der Waals surface area contributed by atoms with Crippen molar-refractivity contribution in [1.82, 2.24) is 5.01 Å². The van der Waals surface area contributed by atoms with Gasteiger partial charge < -0.3 is 4.74 Å². The Bertz CT molecular complexity index is 161. The highest BCUT2D eigenvalue weighted by atomic mass is 16.6. The molecule has 0 aromatic carbocycles. The first-order valence-corrected chi connectivity index (χ1v) is 3.96. The largest absolute Gasteiger partial charge is 0.448 e. The molecular formula is C7H14N2O3. The van der Waals surface area contributed by atoms with Gasteiger partial charge in [0.25, 0.3) is 0 Å². The van der Waals surface area contributed by atoms with E-state index in [1.165, 1.54) is 0 Å². The van der Waals surface area contributed by atoms with Gasteiger partial charge in [0, 0.05) is 0 Å². The molecule has 0 heterocycles. The Balaban J connectivity index is 4.13. The lowest BCUT2D eigenvalue weighted by atomic mass is 10.3. The average Bonchev–Trinajstić information content (AvgIpc) is 2.06. The van der Waals surface area contributed by atoms with Gasteiger partial charge in [0.1, 0.15) is 0 Å². The highest BCUT2D eigenvalue weighted by Crippen LogP contribution is 2.05. The van der Waals surface area contributed by atoms with E-state index in [4.69, 9.17) is 0 Å². The van der Waals surface area contributed by atoms with Crippen LogP contribution in [0.5, 0.6) is 0 Å². The molecule has 0 aromatic heterocycles. The zero-order valence-electron chi connectivity index (χ0n) is 7.61. The van der Waals surface area contributed by atoms with E-state index in [2.05, 4.69) is 10.0 Å². The van der Waals surface area contributed by atoms with Gasteiger partial charge in [0.15, 0.2) is 0 Å². The minimum absolute atomic E-state index is 0.207. The van der Waals surface area contributed by atoms with Gasteiger partial charge in [0.05, 0.1) is 17.9 Å². The van der Waals surface area contributed by atoms with Crippen molar-refractivity contribution < 1.29 is 9.53 Å². The highest BCUT2D eigenvalue weighted by Gasteiger charge is 2.20. The molecule has 0 spiro atoms. The summed E-state index contributed by atoms with van der Waals surface area (Å²) in [4.78, 5) is 21.2. The van der Waals surface area contributed by atoms with Crippen molar-refractivity contribution in [3.05, 3.63) is 4.91 Å². The molecule has 1 amide bonds. The summed E-state index contributed by atoms with van der Waals surface area (Å²) in [6.45, 7) is 5.53. The second kappa shape index (κ2) is 5.51. The van der Waals surface area contributed by atoms with Crippen molar-refractivity contribution >= 4 is 6.09 Å². The van der Waals surface area contributed by atoms with E-state index in [9.17, 15) is 9.70 Å². The molecule has 0 aliphatic rings. The molecule has 0 saturated carbocycles. The van der Waals surface area contributed by atoms with Gasteiger partial charge in [-0.05, 0) is 20.3 Å². The summed E-state index contributed by atoms with van der Waals surface area (Å²) in [6, 6.07) is -0.207. The lowest BCUT2D eigenvalue weighted by Gasteiger charge is -2.18. The molecule has 0 radical (unpaired) electrons.